The van der Waals surface area contributed by atoms with Gasteiger partial charge >= 0.3 is 0 Å². The summed E-state index contributed by atoms with van der Waals surface area (Å²) in [6.07, 6.45) is 3.15. The number of nitrogens with zero attached hydrogens (tertiary/aromatic N) is 3. The Labute approximate surface area is 105 Å². The molecule has 2 N–H and O–H groups in total. The molecule has 0 atom stereocenters. The first-order chi connectivity index (χ1) is 8.02. The lowest BCUT2D eigenvalue weighted by atomic mass is 10.2. The summed E-state index contributed by atoms with van der Waals surface area (Å²) in [6.45, 7) is 9.76. The molecule has 98 valence electrons. The van der Waals surface area contributed by atoms with E-state index in [1.165, 1.54) is 0 Å². The summed E-state index contributed by atoms with van der Waals surface area (Å²) in [5.41, 5.74) is 8.13. The first kappa shape index (κ1) is 13.9. The maximum Gasteiger partial charge on any atom is 0.150 e. The molecule has 0 saturated heterocycles. The lowest BCUT2D eigenvalue weighted by Crippen LogP contribution is -2.33. The first-order valence-corrected chi connectivity index (χ1v) is 6.60. The molecule has 0 bridgehead atoms. The van der Waals surface area contributed by atoms with E-state index in [9.17, 15) is 0 Å². The quantitative estimate of drug-likeness (QED) is 0.828. The van der Waals surface area contributed by atoms with Crippen LogP contribution in [0.25, 0.3) is 0 Å². The van der Waals surface area contributed by atoms with Crippen LogP contribution < -0.4 is 10.6 Å². The largest absolute Gasteiger partial charge is 0.394 e. The molecule has 0 aliphatic heterocycles. The van der Waals surface area contributed by atoms with Gasteiger partial charge in [-0.2, -0.15) is 5.10 Å². The number of aryl methyl sites for hydroxylation is 2. The minimum Gasteiger partial charge on any atom is -0.394 e. The molecular formula is C13H26N4. The zero-order valence-electron chi connectivity index (χ0n) is 11.8. The van der Waals surface area contributed by atoms with E-state index < -0.39 is 0 Å². The Morgan fingerprint density at radius 3 is 2.41 bits per heavy atom. The van der Waals surface area contributed by atoms with Gasteiger partial charge < -0.3 is 10.6 Å². The molecule has 0 radical (unpaired) electrons. The molecular weight excluding hydrogens is 212 g/mol. The highest BCUT2D eigenvalue weighted by Crippen LogP contribution is 2.28. The van der Waals surface area contributed by atoms with Gasteiger partial charge in [-0.3, -0.25) is 4.68 Å². The van der Waals surface area contributed by atoms with Gasteiger partial charge in [0.25, 0.3) is 0 Å². The van der Waals surface area contributed by atoms with Crippen molar-refractivity contribution in [1.29, 1.82) is 0 Å². The molecule has 1 rings (SSSR count). The number of aromatic nitrogens is 2. The zero-order valence-corrected chi connectivity index (χ0v) is 11.8. The third kappa shape index (κ3) is 2.93. The number of nitrogen functional groups attached to an aromatic ring is 1. The zero-order chi connectivity index (χ0) is 13.0. The molecule has 0 aromatic carbocycles. The maximum absolute atomic E-state index is 6.23. The second kappa shape index (κ2) is 5.94. The number of anilines is 2. The highest BCUT2D eigenvalue weighted by molar-refractivity contribution is 5.66. The van der Waals surface area contributed by atoms with E-state index in [0.717, 1.165) is 43.0 Å². The van der Waals surface area contributed by atoms with E-state index in [1.807, 2.05) is 11.7 Å². The van der Waals surface area contributed by atoms with Crippen molar-refractivity contribution in [3.63, 3.8) is 0 Å². The van der Waals surface area contributed by atoms with E-state index in [0.29, 0.717) is 6.04 Å². The van der Waals surface area contributed by atoms with Crippen molar-refractivity contribution < 1.29 is 0 Å². The highest BCUT2D eigenvalue weighted by Gasteiger charge is 2.20. The molecule has 0 unspecified atom stereocenters. The van der Waals surface area contributed by atoms with Gasteiger partial charge in [0.05, 0.1) is 11.4 Å². The third-order valence-corrected chi connectivity index (χ3v) is 2.98. The van der Waals surface area contributed by atoms with Gasteiger partial charge in [0, 0.05) is 19.6 Å². The molecule has 4 nitrogen and oxygen atoms in total. The van der Waals surface area contributed by atoms with Gasteiger partial charge in [0.15, 0.2) is 5.82 Å². The summed E-state index contributed by atoms with van der Waals surface area (Å²) in [7, 11) is 1.98. The normalized spacial score (nSPS) is 11.2. The molecule has 0 saturated carbocycles. The van der Waals surface area contributed by atoms with E-state index in [1.54, 1.807) is 0 Å². The summed E-state index contributed by atoms with van der Waals surface area (Å²) < 4.78 is 1.93. The summed E-state index contributed by atoms with van der Waals surface area (Å²) in [5, 5.41) is 4.54. The van der Waals surface area contributed by atoms with Crippen molar-refractivity contribution in [2.45, 2.75) is 53.0 Å². The Bertz CT molecular complexity index is 355. The minimum absolute atomic E-state index is 0.446. The second-order valence-corrected chi connectivity index (χ2v) is 4.84. The minimum atomic E-state index is 0.446. The van der Waals surface area contributed by atoms with Crippen LogP contribution in [-0.4, -0.2) is 22.4 Å². The van der Waals surface area contributed by atoms with Gasteiger partial charge in [-0.05, 0) is 26.7 Å². The molecule has 0 aliphatic rings. The lowest BCUT2D eigenvalue weighted by molar-refractivity contribution is 0.627. The van der Waals surface area contributed by atoms with Crippen molar-refractivity contribution in [3.05, 3.63) is 5.69 Å². The highest BCUT2D eigenvalue weighted by atomic mass is 15.4. The van der Waals surface area contributed by atoms with Crippen LogP contribution in [0.1, 0.15) is 46.2 Å². The Morgan fingerprint density at radius 2 is 1.94 bits per heavy atom. The van der Waals surface area contributed by atoms with Crippen molar-refractivity contribution in [2.75, 3.05) is 17.2 Å². The van der Waals surface area contributed by atoms with Gasteiger partial charge in [-0.25, -0.2) is 0 Å². The number of nitrogens with two attached hydrogens (primary N) is 1. The second-order valence-electron chi connectivity index (χ2n) is 4.84. The Kier molecular flexibility index (Phi) is 4.85. The van der Waals surface area contributed by atoms with Crippen molar-refractivity contribution in [3.8, 4) is 0 Å². The molecule has 17 heavy (non-hydrogen) atoms. The van der Waals surface area contributed by atoms with Crippen LogP contribution in [0.5, 0.6) is 0 Å². The van der Waals surface area contributed by atoms with Crippen LogP contribution in [0.2, 0.25) is 0 Å². The van der Waals surface area contributed by atoms with Crippen molar-refractivity contribution >= 4 is 11.5 Å². The Morgan fingerprint density at radius 1 is 1.29 bits per heavy atom. The average molecular weight is 238 g/mol. The molecule has 0 aliphatic carbocycles. The SMILES string of the molecule is CCCc1nn(C)c(N(CCC)C(C)C)c1N. The van der Waals surface area contributed by atoms with Crippen LogP contribution in [0, 0.1) is 0 Å². The molecule has 0 fully saturated rings. The fourth-order valence-corrected chi connectivity index (χ4v) is 2.20. The smallest absolute Gasteiger partial charge is 0.150 e. The molecule has 1 heterocycles. The molecule has 1 aromatic rings. The first-order valence-electron chi connectivity index (χ1n) is 6.60. The predicted molar refractivity (Wildman–Crippen MR) is 74.4 cm³/mol. The van der Waals surface area contributed by atoms with Crippen LogP contribution in [0.4, 0.5) is 11.5 Å². The third-order valence-electron chi connectivity index (χ3n) is 2.98. The van der Waals surface area contributed by atoms with Gasteiger partial charge in [-0.1, -0.05) is 20.3 Å². The monoisotopic (exact) mass is 238 g/mol. The Balaban J connectivity index is 3.09. The Hall–Kier alpha value is -1.19. The number of rotatable bonds is 6. The summed E-state index contributed by atoms with van der Waals surface area (Å²) >= 11 is 0. The van der Waals surface area contributed by atoms with Crippen LogP contribution in [0.3, 0.4) is 0 Å². The van der Waals surface area contributed by atoms with Gasteiger partial charge in [0.1, 0.15) is 0 Å². The lowest BCUT2D eigenvalue weighted by Gasteiger charge is -2.28. The fourth-order valence-electron chi connectivity index (χ4n) is 2.20. The van der Waals surface area contributed by atoms with Gasteiger partial charge in [-0.15, -0.1) is 0 Å². The van der Waals surface area contributed by atoms with E-state index >= 15 is 0 Å². The van der Waals surface area contributed by atoms with Crippen molar-refractivity contribution in [1.82, 2.24) is 9.78 Å². The molecule has 0 spiro atoms. The standard InChI is InChI=1S/C13H26N4/c1-6-8-11-12(14)13(16(5)15-11)17(9-7-2)10(3)4/h10H,6-9,14H2,1-5H3. The number of hydrogen-bond donors (Lipinski definition) is 1. The summed E-state index contributed by atoms with van der Waals surface area (Å²) in [4.78, 5) is 2.33. The molecule has 0 amide bonds. The van der Waals surface area contributed by atoms with Gasteiger partial charge in [0.2, 0.25) is 0 Å². The van der Waals surface area contributed by atoms with Crippen LogP contribution in [0.15, 0.2) is 0 Å². The van der Waals surface area contributed by atoms with Crippen LogP contribution in [-0.2, 0) is 13.5 Å². The van der Waals surface area contributed by atoms with E-state index in [-0.39, 0.29) is 0 Å². The molecule has 4 heteroatoms. The average Bonchev–Trinajstić information content (AvgIpc) is 2.52. The number of hydrogen-bond acceptors (Lipinski definition) is 3. The summed E-state index contributed by atoms with van der Waals surface area (Å²) in [5.74, 6) is 1.07. The topological polar surface area (TPSA) is 47.1 Å². The van der Waals surface area contributed by atoms with E-state index in [2.05, 4.69) is 37.7 Å². The van der Waals surface area contributed by atoms with Crippen molar-refractivity contribution in [2.24, 2.45) is 7.05 Å². The maximum atomic E-state index is 6.23. The fraction of sp³-hybridized carbons (Fsp3) is 0.769. The van der Waals surface area contributed by atoms with E-state index in [4.69, 9.17) is 5.73 Å². The predicted octanol–water partition coefficient (Wildman–Crippen LogP) is 2.58. The molecule has 1 aromatic heterocycles. The van der Waals surface area contributed by atoms with Crippen LogP contribution >= 0.6 is 0 Å². The summed E-state index contributed by atoms with van der Waals surface area (Å²) in [6, 6.07) is 0.446.